The van der Waals surface area contributed by atoms with Crippen LogP contribution in [0.25, 0.3) is 0 Å². The van der Waals surface area contributed by atoms with Crippen LogP contribution in [0.2, 0.25) is 0 Å². The molecule has 3 nitrogen and oxygen atoms in total. The molecule has 3 unspecified atom stereocenters. The normalized spacial score (nSPS) is 24.9. The lowest BCUT2D eigenvalue weighted by atomic mass is 9.98. The van der Waals surface area contributed by atoms with Crippen molar-refractivity contribution in [3.05, 3.63) is 22.4 Å². The highest BCUT2D eigenvalue weighted by atomic mass is 32.1. The maximum Gasteiger partial charge on any atom is 0.241 e. The van der Waals surface area contributed by atoms with Crippen molar-refractivity contribution in [2.75, 3.05) is 0 Å². The minimum absolute atomic E-state index is 0.0437. The summed E-state index contributed by atoms with van der Waals surface area (Å²) in [4.78, 5) is 16.2. The van der Waals surface area contributed by atoms with Gasteiger partial charge < -0.3 is 4.90 Å². The molecular formula is C16H26N2OS. The summed E-state index contributed by atoms with van der Waals surface area (Å²) >= 11 is 1.72. The Kier molecular flexibility index (Phi) is 4.86. The van der Waals surface area contributed by atoms with E-state index in [4.69, 9.17) is 0 Å². The van der Waals surface area contributed by atoms with Crippen LogP contribution in [0, 0.1) is 11.8 Å². The summed E-state index contributed by atoms with van der Waals surface area (Å²) in [5, 5.41) is 5.63. The number of nitrogens with one attached hydrogen (secondary N) is 1. The molecule has 1 aliphatic rings. The largest absolute Gasteiger partial charge is 0.317 e. The average Bonchev–Trinajstić information content (AvgIpc) is 2.99. The van der Waals surface area contributed by atoms with Crippen molar-refractivity contribution in [3.63, 3.8) is 0 Å². The molecule has 1 N–H and O–H groups in total. The van der Waals surface area contributed by atoms with Crippen molar-refractivity contribution in [3.8, 4) is 0 Å². The molecule has 20 heavy (non-hydrogen) atoms. The Bertz CT molecular complexity index is 441. The third kappa shape index (κ3) is 2.77. The minimum Gasteiger partial charge on any atom is -0.317 e. The van der Waals surface area contributed by atoms with Crippen molar-refractivity contribution in [1.29, 1.82) is 0 Å². The number of hydrogen-bond acceptors (Lipinski definition) is 3. The van der Waals surface area contributed by atoms with Crippen LogP contribution in [0.4, 0.5) is 0 Å². The van der Waals surface area contributed by atoms with Gasteiger partial charge in [0.15, 0.2) is 0 Å². The van der Waals surface area contributed by atoms with Crippen molar-refractivity contribution >= 4 is 17.2 Å². The second-order valence-corrected chi connectivity index (χ2v) is 7.25. The van der Waals surface area contributed by atoms with Gasteiger partial charge in [-0.05, 0) is 29.7 Å². The second kappa shape index (κ2) is 6.27. The monoisotopic (exact) mass is 294 g/mol. The number of carbonyl (C=O) groups excluding carboxylic acids is 1. The van der Waals surface area contributed by atoms with Crippen molar-refractivity contribution in [2.45, 2.75) is 59.3 Å². The fourth-order valence-electron chi connectivity index (χ4n) is 3.10. The smallest absolute Gasteiger partial charge is 0.241 e. The number of nitrogens with zero attached hydrogens (tertiary/aromatic N) is 1. The number of rotatable bonds is 5. The van der Waals surface area contributed by atoms with Crippen LogP contribution in [0.5, 0.6) is 0 Å². The van der Waals surface area contributed by atoms with E-state index in [9.17, 15) is 4.79 Å². The third-order valence-electron chi connectivity index (χ3n) is 4.16. The topological polar surface area (TPSA) is 32.3 Å². The minimum atomic E-state index is -0.0603. The summed E-state index contributed by atoms with van der Waals surface area (Å²) in [6.45, 7) is 10.8. The lowest BCUT2D eigenvalue weighted by Crippen LogP contribution is -2.43. The molecule has 0 spiro atoms. The van der Waals surface area contributed by atoms with Gasteiger partial charge >= 0.3 is 0 Å². The second-order valence-electron chi connectivity index (χ2n) is 6.27. The van der Waals surface area contributed by atoms with Gasteiger partial charge in [0.25, 0.3) is 0 Å². The fourth-order valence-corrected chi connectivity index (χ4v) is 3.88. The zero-order valence-electron chi connectivity index (χ0n) is 13.1. The first-order valence-corrected chi connectivity index (χ1v) is 8.47. The molecule has 0 bridgehead atoms. The standard InChI is InChI=1S/C16H26N2OS/c1-6-12(10(2)3)18-15(13-8-7-9-20-13)17-14(11(4)5)16(18)19/h7-12,14-15,17H,6H2,1-5H3. The fraction of sp³-hybridized carbons (Fsp3) is 0.688. The highest BCUT2D eigenvalue weighted by molar-refractivity contribution is 7.10. The van der Waals surface area contributed by atoms with Gasteiger partial charge in [0, 0.05) is 10.9 Å². The van der Waals surface area contributed by atoms with Gasteiger partial charge in [0.2, 0.25) is 5.91 Å². The van der Waals surface area contributed by atoms with E-state index in [-0.39, 0.29) is 18.1 Å². The molecule has 4 heteroatoms. The van der Waals surface area contributed by atoms with Gasteiger partial charge in [-0.15, -0.1) is 11.3 Å². The highest BCUT2D eigenvalue weighted by Crippen LogP contribution is 2.34. The van der Waals surface area contributed by atoms with Gasteiger partial charge in [-0.25, -0.2) is 0 Å². The van der Waals surface area contributed by atoms with Crippen LogP contribution < -0.4 is 5.32 Å². The van der Waals surface area contributed by atoms with E-state index in [2.05, 4.69) is 62.3 Å². The summed E-state index contributed by atoms with van der Waals surface area (Å²) < 4.78 is 0. The Morgan fingerprint density at radius 2 is 2.05 bits per heavy atom. The Morgan fingerprint density at radius 3 is 2.50 bits per heavy atom. The third-order valence-corrected chi connectivity index (χ3v) is 5.09. The first kappa shape index (κ1) is 15.5. The quantitative estimate of drug-likeness (QED) is 0.899. The zero-order chi connectivity index (χ0) is 14.9. The first-order chi connectivity index (χ1) is 9.47. The van der Waals surface area contributed by atoms with Gasteiger partial charge in [-0.3, -0.25) is 10.1 Å². The molecule has 0 aromatic carbocycles. The van der Waals surface area contributed by atoms with E-state index >= 15 is 0 Å². The molecule has 1 fully saturated rings. The van der Waals surface area contributed by atoms with Crippen molar-refractivity contribution < 1.29 is 4.79 Å². The molecule has 1 aromatic heterocycles. The predicted molar refractivity (Wildman–Crippen MR) is 84.6 cm³/mol. The van der Waals surface area contributed by atoms with E-state index in [0.29, 0.717) is 17.9 Å². The van der Waals surface area contributed by atoms with E-state index < -0.39 is 0 Å². The van der Waals surface area contributed by atoms with E-state index in [1.54, 1.807) is 11.3 Å². The molecule has 1 amide bonds. The van der Waals surface area contributed by atoms with Crippen molar-refractivity contribution in [1.82, 2.24) is 10.2 Å². The molecular weight excluding hydrogens is 268 g/mol. The van der Waals surface area contributed by atoms with Crippen LogP contribution in [0.3, 0.4) is 0 Å². The number of thiophene rings is 1. The van der Waals surface area contributed by atoms with E-state index in [0.717, 1.165) is 6.42 Å². The molecule has 1 saturated heterocycles. The number of hydrogen-bond donors (Lipinski definition) is 1. The van der Waals surface area contributed by atoms with Crippen LogP contribution in [0.1, 0.15) is 52.1 Å². The Morgan fingerprint density at radius 1 is 1.35 bits per heavy atom. The molecule has 0 radical (unpaired) electrons. The van der Waals surface area contributed by atoms with E-state index in [1.165, 1.54) is 4.88 Å². The average molecular weight is 294 g/mol. The predicted octanol–water partition coefficient (Wildman–Crippen LogP) is 3.64. The molecule has 0 saturated carbocycles. The summed E-state index contributed by atoms with van der Waals surface area (Å²) in [5.74, 6) is 1.05. The first-order valence-electron chi connectivity index (χ1n) is 7.59. The highest BCUT2D eigenvalue weighted by Gasteiger charge is 2.44. The lowest BCUT2D eigenvalue weighted by Gasteiger charge is -2.34. The number of amides is 1. The van der Waals surface area contributed by atoms with Gasteiger partial charge in [-0.1, -0.05) is 40.7 Å². The molecule has 2 rings (SSSR count). The molecule has 1 aromatic rings. The molecule has 0 aliphatic carbocycles. The molecule has 112 valence electrons. The molecule has 2 heterocycles. The van der Waals surface area contributed by atoms with Crippen LogP contribution in [-0.4, -0.2) is 22.9 Å². The van der Waals surface area contributed by atoms with Gasteiger partial charge in [0.1, 0.15) is 6.17 Å². The summed E-state index contributed by atoms with van der Waals surface area (Å²) in [5.41, 5.74) is 0. The summed E-state index contributed by atoms with van der Waals surface area (Å²) in [6.07, 6.45) is 1.04. The summed E-state index contributed by atoms with van der Waals surface area (Å²) in [7, 11) is 0. The van der Waals surface area contributed by atoms with Crippen LogP contribution in [0.15, 0.2) is 17.5 Å². The van der Waals surface area contributed by atoms with Crippen LogP contribution in [-0.2, 0) is 4.79 Å². The van der Waals surface area contributed by atoms with Gasteiger partial charge in [-0.2, -0.15) is 0 Å². The zero-order valence-corrected chi connectivity index (χ0v) is 13.9. The van der Waals surface area contributed by atoms with Crippen LogP contribution >= 0.6 is 11.3 Å². The maximum absolute atomic E-state index is 12.8. The maximum atomic E-state index is 12.8. The SMILES string of the molecule is CCC(C(C)C)N1C(=O)C(C(C)C)NC1c1cccs1. The van der Waals surface area contributed by atoms with Crippen molar-refractivity contribution in [2.24, 2.45) is 11.8 Å². The Hall–Kier alpha value is -0.870. The Balaban J connectivity index is 2.35. The lowest BCUT2D eigenvalue weighted by molar-refractivity contribution is -0.134. The molecule has 3 atom stereocenters. The Labute approximate surface area is 126 Å². The molecule has 1 aliphatic heterocycles. The van der Waals surface area contributed by atoms with E-state index in [1.807, 2.05) is 0 Å². The number of carbonyl (C=O) groups is 1. The van der Waals surface area contributed by atoms with Gasteiger partial charge in [0.05, 0.1) is 6.04 Å². The summed E-state index contributed by atoms with van der Waals surface area (Å²) in [6, 6.07) is 4.42.